The highest BCUT2D eigenvalue weighted by molar-refractivity contribution is 5.73. The molecule has 2 aromatic rings. The molecule has 0 aliphatic heterocycles. The molecule has 0 fully saturated rings. The zero-order chi connectivity index (χ0) is 16.8. The molecule has 2 rings (SSSR count). The second-order valence-corrected chi connectivity index (χ2v) is 5.33. The number of rotatable bonds is 7. The first kappa shape index (κ1) is 16.9. The number of nitrogens with one attached hydrogen (secondary N) is 1. The van der Waals surface area contributed by atoms with Gasteiger partial charge in [-0.3, -0.25) is 0 Å². The molecule has 9 nitrogen and oxygen atoms in total. The van der Waals surface area contributed by atoms with Gasteiger partial charge in [0.2, 0.25) is 11.8 Å². The number of carbonyl (C=O) groups is 1. The van der Waals surface area contributed by atoms with E-state index < -0.39 is 0 Å². The number of urea groups is 1. The summed E-state index contributed by atoms with van der Waals surface area (Å²) >= 11 is 0. The van der Waals surface area contributed by atoms with Crippen LogP contribution >= 0.6 is 0 Å². The van der Waals surface area contributed by atoms with E-state index in [4.69, 9.17) is 9.05 Å². The van der Waals surface area contributed by atoms with E-state index in [0.717, 1.165) is 0 Å². The van der Waals surface area contributed by atoms with Gasteiger partial charge in [0.05, 0.1) is 6.54 Å². The lowest BCUT2D eigenvalue weighted by molar-refractivity contribution is 0.187. The van der Waals surface area contributed by atoms with Gasteiger partial charge in [-0.05, 0) is 6.92 Å². The minimum absolute atomic E-state index is 0.180. The highest BCUT2D eigenvalue weighted by Crippen LogP contribution is 2.09. The maximum absolute atomic E-state index is 12.2. The third-order valence-corrected chi connectivity index (χ3v) is 3.21. The summed E-state index contributed by atoms with van der Waals surface area (Å²) in [5, 5.41) is 10.4. The van der Waals surface area contributed by atoms with Crippen molar-refractivity contribution < 1.29 is 13.8 Å². The van der Waals surface area contributed by atoms with Gasteiger partial charge in [0.25, 0.3) is 0 Å². The first-order valence-corrected chi connectivity index (χ1v) is 7.70. The van der Waals surface area contributed by atoms with Gasteiger partial charge in [-0.15, -0.1) is 0 Å². The molecule has 1 N–H and O–H groups in total. The SMILES string of the molecule is CCc1noc(CN(CC)C(=O)NCc2nc(C(C)C)no2)n1. The van der Waals surface area contributed by atoms with Crippen molar-refractivity contribution in [3.05, 3.63) is 23.4 Å². The molecule has 2 heterocycles. The van der Waals surface area contributed by atoms with E-state index in [2.05, 4.69) is 25.6 Å². The lowest BCUT2D eigenvalue weighted by Gasteiger charge is -2.18. The number of aromatic nitrogens is 4. The molecule has 2 amide bonds. The van der Waals surface area contributed by atoms with Gasteiger partial charge in [-0.25, -0.2) is 4.79 Å². The van der Waals surface area contributed by atoms with Crippen molar-refractivity contribution >= 4 is 6.03 Å². The number of hydrogen-bond donors (Lipinski definition) is 1. The molecule has 9 heteroatoms. The standard InChI is InChI=1S/C14H22N6O3/c1-5-10-16-12(23-18-10)8-20(6-2)14(21)15-7-11-17-13(9(3)4)19-22-11/h9H,5-8H2,1-4H3,(H,15,21). The van der Waals surface area contributed by atoms with Gasteiger partial charge in [0, 0.05) is 18.9 Å². The summed E-state index contributed by atoms with van der Waals surface area (Å²) in [6.07, 6.45) is 0.692. The second-order valence-electron chi connectivity index (χ2n) is 5.33. The Balaban J connectivity index is 1.88. The fourth-order valence-electron chi connectivity index (χ4n) is 1.83. The molecule has 0 aliphatic carbocycles. The fraction of sp³-hybridized carbons (Fsp3) is 0.643. The molecule has 0 aliphatic rings. The van der Waals surface area contributed by atoms with Crippen LogP contribution in [0.25, 0.3) is 0 Å². The van der Waals surface area contributed by atoms with Crippen LogP contribution in [0.15, 0.2) is 9.05 Å². The fourth-order valence-corrected chi connectivity index (χ4v) is 1.83. The summed E-state index contributed by atoms with van der Waals surface area (Å²) in [7, 11) is 0. The Morgan fingerprint density at radius 3 is 2.48 bits per heavy atom. The highest BCUT2D eigenvalue weighted by atomic mass is 16.5. The third kappa shape index (κ3) is 4.51. The van der Waals surface area contributed by atoms with Crippen molar-refractivity contribution in [3.63, 3.8) is 0 Å². The van der Waals surface area contributed by atoms with Crippen LogP contribution in [0.1, 0.15) is 57.0 Å². The minimum Gasteiger partial charge on any atom is -0.337 e. The summed E-state index contributed by atoms with van der Waals surface area (Å²) in [6.45, 7) is 8.71. The molecule has 126 valence electrons. The van der Waals surface area contributed by atoms with Gasteiger partial charge < -0.3 is 19.3 Å². The average Bonchev–Trinajstić information content (AvgIpc) is 3.19. The van der Waals surface area contributed by atoms with Gasteiger partial charge in [0.1, 0.15) is 6.54 Å². The maximum atomic E-state index is 12.2. The molecular weight excluding hydrogens is 300 g/mol. The monoisotopic (exact) mass is 322 g/mol. The smallest absolute Gasteiger partial charge is 0.318 e. The number of amides is 2. The Morgan fingerprint density at radius 1 is 1.17 bits per heavy atom. The zero-order valence-corrected chi connectivity index (χ0v) is 13.9. The Morgan fingerprint density at radius 2 is 1.91 bits per heavy atom. The Hall–Kier alpha value is -2.45. The maximum Gasteiger partial charge on any atom is 0.318 e. The first-order chi connectivity index (χ1) is 11.0. The summed E-state index contributed by atoms with van der Waals surface area (Å²) in [5.41, 5.74) is 0. The number of hydrogen-bond acceptors (Lipinski definition) is 7. The molecule has 0 atom stereocenters. The number of aryl methyl sites for hydroxylation is 1. The van der Waals surface area contributed by atoms with E-state index in [9.17, 15) is 4.79 Å². The molecule has 23 heavy (non-hydrogen) atoms. The predicted octanol–water partition coefficient (Wildman–Crippen LogP) is 1.87. The normalized spacial score (nSPS) is 11.0. The number of nitrogens with zero attached hydrogens (tertiary/aromatic N) is 5. The predicted molar refractivity (Wildman–Crippen MR) is 80.4 cm³/mol. The molecule has 0 saturated carbocycles. The lowest BCUT2D eigenvalue weighted by atomic mass is 10.2. The van der Waals surface area contributed by atoms with Crippen molar-refractivity contribution in [2.45, 2.75) is 53.1 Å². The van der Waals surface area contributed by atoms with E-state index in [1.807, 2.05) is 27.7 Å². The summed E-state index contributed by atoms with van der Waals surface area (Å²) < 4.78 is 10.2. The van der Waals surface area contributed by atoms with Crippen molar-refractivity contribution in [2.24, 2.45) is 0 Å². The number of carbonyl (C=O) groups excluding carboxylic acids is 1. The van der Waals surface area contributed by atoms with E-state index in [1.165, 1.54) is 0 Å². The summed E-state index contributed by atoms with van der Waals surface area (Å²) in [5.74, 6) is 2.23. The van der Waals surface area contributed by atoms with E-state index >= 15 is 0 Å². The van der Waals surface area contributed by atoms with Crippen LogP contribution in [0.2, 0.25) is 0 Å². The van der Waals surface area contributed by atoms with Crippen LogP contribution < -0.4 is 5.32 Å². The van der Waals surface area contributed by atoms with Crippen molar-refractivity contribution in [3.8, 4) is 0 Å². The minimum atomic E-state index is -0.256. The van der Waals surface area contributed by atoms with Crippen molar-refractivity contribution in [2.75, 3.05) is 6.54 Å². The van der Waals surface area contributed by atoms with E-state index in [1.54, 1.807) is 4.90 Å². The van der Waals surface area contributed by atoms with Crippen LogP contribution in [-0.4, -0.2) is 37.8 Å². The second kappa shape index (κ2) is 7.70. The van der Waals surface area contributed by atoms with Crippen LogP contribution in [0.3, 0.4) is 0 Å². The molecule has 0 radical (unpaired) electrons. The summed E-state index contributed by atoms with van der Waals surface area (Å²) in [6, 6.07) is -0.256. The summed E-state index contributed by atoms with van der Waals surface area (Å²) in [4.78, 5) is 22.2. The van der Waals surface area contributed by atoms with Gasteiger partial charge in [-0.2, -0.15) is 9.97 Å². The molecule has 0 saturated heterocycles. The van der Waals surface area contributed by atoms with Gasteiger partial charge >= 0.3 is 6.03 Å². The molecule has 0 spiro atoms. The average molecular weight is 322 g/mol. The van der Waals surface area contributed by atoms with Crippen LogP contribution in [0, 0.1) is 0 Å². The topological polar surface area (TPSA) is 110 Å². The zero-order valence-electron chi connectivity index (χ0n) is 13.9. The Bertz CT molecular complexity index is 636. The van der Waals surface area contributed by atoms with Crippen molar-refractivity contribution in [1.29, 1.82) is 0 Å². The van der Waals surface area contributed by atoms with E-state index in [-0.39, 0.29) is 25.0 Å². The molecule has 0 unspecified atom stereocenters. The van der Waals surface area contributed by atoms with Crippen LogP contribution in [0.4, 0.5) is 4.79 Å². The van der Waals surface area contributed by atoms with Crippen LogP contribution in [-0.2, 0) is 19.5 Å². The van der Waals surface area contributed by atoms with Crippen molar-refractivity contribution in [1.82, 2.24) is 30.5 Å². The molecule has 0 bridgehead atoms. The lowest BCUT2D eigenvalue weighted by Crippen LogP contribution is -2.39. The quantitative estimate of drug-likeness (QED) is 0.828. The van der Waals surface area contributed by atoms with Crippen LogP contribution in [0.5, 0.6) is 0 Å². The third-order valence-electron chi connectivity index (χ3n) is 3.21. The van der Waals surface area contributed by atoms with E-state index in [0.29, 0.717) is 36.4 Å². The largest absolute Gasteiger partial charge is 0.337 e. The Labute approximate surface area is 134 Å². The molecule has 2 aromatic heterocycles. The Kier molecular flexibility index (Phi) is 5.67. The highest BCUT2D eigenvalue weighted by Gasteiger charge is 2.17. The first-order valence-electron chi connectivity index (χ1n) is 7.70. The van der Waals surface area contributed by atoms with Gasteiger partial charge in [-0.1, -0.05) is 31.1 Å². The molecular formula is C14H22N6O3. The molecule has 0 aromatic carbocycles. The van der Waals surface area contributed by atoms with Gasteiger partial charge in [0.15, 0.2) is 11.6 Å².